The number of likely N-dealkylation sites (N-methyl/N-ethyl adjacent to an activating group) is 1. The molecule has 1 aliphatic carbocycles. The predicted molar refractivity (Wildman–Crippen MR) is 145 cm³/mol. The van der Waals surface area contributed by atoms with Crippen molar-refractivity contribution in [1.29, 1.82) is 0 Å². The first kappa shape index (κ1) is 22.9. The number of rotatable bonds is 8. The highest BCUT2D eigenvalue weighted by molar-refractivity contribution is 5.94. The van der Waals surface area contributed by atoms with Gasteiger partial charge in [0.1, 0.15) is 5.82 Å². The molecule has 1 aliphatic rings. The van der Waals surface area contributed by atoms with Gasteiger partial charge in [0.15, 0.2) is 5.65 Å². The lowest BCUT2D eigenvalue weighted by Gasteiger charge is -2.17. The Bertz CT molecular complexity index is 1530. The van der Waals surface area contributed by atoms with Crippen LogP contribution >= 0.6 is 0 Å². The largest absolute Gasteiger partial charge is 0.341 e. The van der Waals surface area contributed by atoms with Crippen LogP contribution in [-0.4, -0.2) is 44.0 Å². The fourth-order valence-corrected chi connectivity index (χ4v) is 4.44. The first-order valence-corrected chi connectivity index (χ1v) is 12.6. The molecule has 7 nitrogen and oxygen atoms in total. The van der Waals surface area contributed by atoms with Crippen LogP contribution in [0, 0.1) is 0 Å². The number of nitrogens with one attached hydrogen (secondary N) is 1. The summed E-state index contributed by atoms with van der Waals surface area (Å²) in [4.78, 5) is 23.7. The summed E-state index contributed by atoms with van der Waals surface area (Å²) in [6, 6.07) is 25.8. The van der Waals surface area contributed by atoms with Crippen molar-refractivity contribution in [2.45, 2.75) is 25.2 Å². The molecule has 37 heavy (non-hydrogen) atoms. The summed E-state index contributed by atoms with van der Waals surface area (Å²) in [6.07, 6.45) is 6.73. The number of carbonyl (C=O) groups is 1. The molecule has 0 unspecified atom stereocenters. The highest BCUT2D eigenvalue weighted by atomic mass is 16.2. The normalized spacial score (nSPS) is 13.0. The molecule has 0 radical (unpaired) electrons. The Balaban J connectivity index is 1.22. The van der Waals surface area contributed by atoms with Crippen molar-refractivity contribution in [2.75, 3.05) is 18.9 Å². The van der Waals surface area contributed by atoms with E-state index in [1.54, 1.807) is 17.3 Å². The minimum absolute atomic E-state index is 0.00917. The average Bonchev–Trinajstić information content (AvgIpc) is 3.71. The summed E-state index contributed by atoms with van der Waals surface area (Å²) in [5.41, 5.74) is 6.50. The highest BCUT2D eigenvalue weighted by Crippen LogP contribution is 2.40. The summed E-state index contributed by atoms with van der Waals surface area (Å²) in [7, 11) is 1.85. The van der Waals surface area contributed by atoms with E-state index in [1.165, 1.54) is 18.4 Å². The van der Waals surface area contributed by atoms with Gasteiger partial charge in [0, 0.05) is 60.9 Å². The molecule has 2 aromatic carbocycles. The standard InChI is InChI=1S/C30H28N6O/c1-35(18-15-21-5-3-2-4-6-21)30(37)24-9-11-25(12-10-24)32-28-19-26(23-13-16-31-17-14-23)33-29-20-27(22-7-8-22)34-36(28)29/h2-6,9-14,16-17,19-20,22,32H,7-8,15,18H2,1H3. The molecule has 0 spiro atoms. The van der Waals surface area contributed by atoms with Gasteiger partial charge in [0.2, 0.25) is 0 Å². The monoisotopic (exact) mass is 488 g/mol. The van der Waals surface area contributed by atoms with Gasteiger partial charge in [-0.05, 0) is 61.2 Å². The van der Waals surface area contributed by atoms with Crippen LogP contribution in [-0.2, 0) is 6.42 Å². The zero-order chi connectivity index (χ0) is 25.2. The van der Waals surface area contributed by atoms with Gasteiger partial charge in [-0.1, -0.05) is 30.3 Å². The fourth-order valence-electron chi connectivity index (χ4n) is 4.44. The van der Waals surface area contributed by atoms with Gasteiger partial charge in [-0.25, -0.2) is 4.98 Å². The highest BCUT2D eigenvalue weighted by Gasteiger charge is 2.27. The molecule has 6 rings (SSSR count). The second kappa shape index (κ2) is 9.85. The number of fused-ring (bicyclic) bond motifs is 1. The van der Waals surface area contributed by atoms with E-state index >= 15 is 0 Å². The van der Waals surface area contributed by atoms with Crippen LogP contribution in [0.15, 0.2) is 91.3 Å². The Morgan fingerprint density at radius 3 is 2.49 bits per heavy atom. The molecular weight excluding hydrogens is 460 g/mol. The van der Waals surface area contributed by atoms with E-state index < -0.39 is 0 Å². The maximum atomic E-state index is 13.0. The topological polar surface area (TPSA) is 75.4 Å². The minimum Gasteiger partial charge on any atom is -0.341 e. The summed E-state index contributed by atoms with van der Waals surface area (Å²) in [6.45, 7) is 0.665. The fraction of sp³-hybridized carbons (Fsp3) is 0.200. The molecule has 184 valence electrons. The molecule has 3 aromatic heterocycles. The number of hydrogen-bond acceptors (Lipinski definition) is 5. The molecule has 0 saturated heterocycles. The Morgan fingerprint density at radius 1 is 1.00 bits per heavy atom. The first-order chi connectivity index (χ1) is 18.1. The lowest BCUT2D eigenvalue weighted by molar-refractivity contribution is 0.0796. The molecule has 1 N–H and O–H groups in total. The van der Waals surface area contributed by atoms with Gasteiger partial charge in [-0.2, -0.15) is 9.61 Å². The third-order valence-electron chi connectivity index (χ3n) is 6.75. The Labute approximate surface area is 215 Å². The van der Waals surface area contributed by atoms with Crippen molar-refractivity contribution in [3.63, 3.8) is 0 Å². The maximum absolute atomic E-state index is 13.0. The number of amides is 1. The molecule has 1 fully saturated rings. The number of nitrogens with zero attached hydrogens (tertiary/aromatic N) is 5. The van der Waals surface area contributed by atoms with Crippen LogP contribution in [0.25, 0.3) is 16.9 Å². The second-order valence-electron chi connectivity index (χ2n) is 9.54. The van der Waals surface area contributed by atoms with Crippen LogP contribution in [0.5, 0.6) is 0 Å². The molecule has 7 heteroatoms. The van der Waals surface area contributed by atoms with Gasteiger partial charge >= 0.3 is 0 Å². The molecule has 1 saturated carbocycles. The third-order valence-corrected chi connectivity index (χ3v) is 6.75. The lowest BCUT2D eigenvalue weighted by atomic mass is 10.1. The third kappa shape index (κ3) is 5.07. The van der Waals surface area contributed by atoms with Crippen molar-refractivity contribution >= 4 is 23.1 Å². The number of hydrogen-bond donors (Lipinski definition) is 1. The van der Waals surface area contributed by atoms with Crippen molar-refractivity contribution in [3.8, 4) is 11.3 Å². The van der Waals surface area contributed by atoms with Gasteiger partial charge in [-0.3, -0.25) is 9.78 Å². The Hall–Kier alpha value is -4.52. The van der Waals surface area contributed by atoms with Gasteiger partial charge < -0.3 is 10.2 Å². The van der Waals surface area contributed by atoms with E-state index in [2.05, 4.69) is 28.5 Å². The Morgan fingerprint density at radius 2 is 1.76 bits per heavy atom. The molecule has 1 amide bonds. The minimum atomic E-state index is 0.00917. The van der Waals surface area contributed by atoms with Gasteiger partial charge in [-0.15, -0.1) is 0 Å². The second-order valence-corrected chi connectivity index (χ2v) is 9.54. The van der Waals surface area contributed by atoms with E-state index in [0.29, 0.717) is 18.0 Å². The van der Waals surface area contributed by atoms with Crippen LogP contribution in [0.3, 0.4) is 0 Å². The molecule has 0 bridgehead atoms. The summed E-state index contributed by atoms with van der Waals surface area (Å²) < 4.78 is 1.87. The number of anilines is 2. The SMILES string of the molecule is CN(CCc1ccccc1)C(=O)c1ccc(Nc2cc(-c3ccncc3)nc3cc(C4CC4)nn23)cc1. The molecule has 5 aromatic rings. The maximum Gasteiger partial charge on any atom is 0.253 e. The van der Waals surface area contributed by atoms with E-state index in [1.807, 2.05) is 72.2 Å². The number of carbonyl (C=O) groups excluding carboxylic acids is 1. The van der Waals surface area contributed by atoms with Crippen LogP contribution < -0.4 is 5.32 Å². The number of benzene rings is 2. The summed E-state index contributed by atoms with van der Waals surface area (Å²) >= 11 is 0. The van der Waals surface area contributed by atoms with Crippen molar-refractivity contribution in [1.82, 2.24) is 24.5 Å². The zero-order valence-electron chi connectivity index (χ0n) is 20.7. The van der Waals surface area contributed by atoms with Gasteiger partial charge in [0.05, 0.1) is 11.4 Å². The summed E-state index contributed by atoms with van der Waals surface area (Å²) in [5, 5.41) is 8.33. The van der Waals surface area contributed by atoms with Crippen LogP contribution in [0.2, 0.25) is 0 Å². The lowest BCUT2D eigenvalue weighted by Crippen LogP contribution is -2.28. The average molecular weight is 489 g/mol. The van der Waals surface area contributed by atoms with Crippen molar-refractivity contribution < 1.29 is 4.79 Å². The predicted octanol–water partition coefficient (Wildman–Crippen LogP) is 5.73. The zero-order valence-corrected chi connectivity index (χ0v) is 20.7. The van der Waals surface area contributed by atoms with Crippen LogP contribution in [0.1, 0.15) is 40.4 Å². The van der Waals surface area contributed by atoms with Crippen LogP contribution in [0.4, 0.5) is 11.5 Å². The molecular formula is C30H28N6O. The first-order valence-electron chi connectivity index (χ1n) is 12.6. The molecule has 0 aliphatic heterocycles. The number of aromatic nitrogens is 4. The molecule has 0 atom stereocenters. The van der Waals surface area contributed by atoms with Gasteiger partial charge in [0.25, 0.3) is 5.91 Å². The van der Waals surface area contributed by atoms with Crippen molar-refractivity contribution in [3.05, 3.63) is 108 Å². The molecule has 3 heterocycles. The van der Waals surface area contributed by atoms with Crippen molar-refractivity contribution in [2.24, 2.45) is 0 Å². The quantitative estimate of drug-likeness (QED) is 0.302. The summed E-state index contributed by atoms with van der Waals surface area (Å²) in [5.74, 6) is 1.36. The van der Waals surface area contributed by atoms with E-state index in [0.717, 1.165) is 40.5 Å². The Kier molecular flexibility index (Phi) is 6.10. The van der Waals surface area contributed by atoms with E-state index in [-0.39, 0.29) is 5.91 Å². The van der Waals surface area contributed by atoms with E-state index in [4.69, 9.17) is 10.1 Å². The van der Waals surface area contributed by atoms with E-state index in [9.17, 15) is 4.79 Å². The number of pyridine rings is 1. The smallest absolute Gasteiger partial charge is 0.253 e.